The lowest BCUT2D eigenvalue weighted by molar-refractivity contribution is -0.384. The van der Waals surface area contributed by atoms with E-state index in [0.717, 1.165) is 96.1 Å². The fourth-order valence-electron chi connectivity index (χ4n) is 6.81. The Morgan fingerprint density at radius 3 is 1.41 bits per heavy atom. The van der Waals surface area contributed by atoms with Crippen molar-refractivity contribution in [1.29, 1.82) is 0 Å². The summed E-state index contributed by atoms with van der Waals surface area (Å²) in [4.78, 5) is 61.5. The molecule has 0 amide bonds. The molecule has 9 rings (SSSR count). The van der Waals surface area contributed by atoms with Crippen molar-refractivity contribution >= 4 is 51.5 Å². The average molecular weight is 802 g/mol. The monoisotopic (exact) mass is 801 g/mol. The Morgan fingerprint density at radius 2 is 0.931 bits per heavy atom. The molecule has 58 heavy (non-hydrogen) atoms. The van der Waals surface area contributed by atoms with Gasteiger partial charge in [0.1, 0.15) is 11.4 Å². The third kappa shape index (κ3) is 14.8. The van der Waals surface area contributed by atoms with Crippen molar-refractivity contribution < 1.29 is 24.2 Å². The van der Waals surface area contributed by atoms with E-state index in [2.05, 4.69) is 21.3 Å². The Kier molecular flexibility index (Phi) is 18.5. The number of ketones is 3. The zero-order valence-corrected chi connectivity index (χ0v) is 33.9. The zero-order valence-electron chi connectivity index (χ0n) is 33.9. The third-order valence-corrected chi connectivity index (χ3v) is 10.2. The van der Waals surface area contributed by atoms with E-state index in [0.29, 0.717) is 66.5 Å². The van der Waals surface area contributed by atoms with Gasteiger partial charge in [0, 0.05) is 48.5 Å². The molecule has 0 saturated heterocycles. The SMILES string of the molecule is CN1CCCCCCNc2ccc(cc2[N+](=O)[O-])C(=O)C1.CN1CCCCCNc2ccc(cc2[N+](=O)[O-])C(=O)C1.Nc1cc2ccc1NCCCCCNCC2=O. The highest BCUT2D eigenvalue weighted by molar-refractivity contribution is 6.00. The van der Waals surface area contributed by atoms with Crippen LogP contribution >= 0.6 is 0 Å². The molecule has 6 bridgehead atoms. The van der Waals surface area contributed by atoms with Crippen LogP contribution in [0, 0.1) is 20.2 Å². The average Bonchev–Trinajstić information content (AvgIpc) is 3.23. The van der Waals surface area contributed by atoms with Gasteiger partial charge >= 0.3 is 0 Å². The van der Waals surface area contributed by atoms with Crippen molar-refractivity contribution in [2.45, 2.75) is 64.2 Å². The van der Waals surface area contributed by atoms with Gasteiger partial charge in [-0.15, -0.1) is 0 Å². The van der Waals surface area contributed by atoms with Crippen LogP contribution in [0.15, 0.2) is 54.6 Å². The minimum absolute atomic E-state index is 0.0273. The number of nitro groups is 2. The van der Waals surface area contributed by atoms with Gasteiger partial charge in [0.05, 0.1) is 40.9 Å². The van der Waals surface area contributed by atoms with Crippen LogP contribution in [0.1, 0.15) is 95.3 Å². The Hall–Kier alpha value is -5.45. The normalized spacial score (nSPS) is 17.9. The number of fused-ring (bicyclic) bond motifs is 31. The molecule has 0 aliphatic carbocycles. The summed E-state index contributed by atoms with van der Waals surface area (Å²) < 4.78 is 0. The maximum absolute atomic E-state index is 12.2. The molecule has 0 radical (unpaired) electrons. The standard InChI is InChI=1S/C15H21N3O3.C14H19N3O3.C13H19N3O/c1-17-9-5-3-2-4-8-16-13-7-6-12(15(19)11-17)10-14(13)18(20)21;1-16-8-4-2-3-7-15-12-6-5-11(14(18)10-16)9-13(12)17(19)20;14-11-8-10-4-5-12(11)16-7-3-1-2-6-15-9-13(10)17/h6-7,10,16H,2-5,8-9,11H2,1H3;5-6,9,15H,2-4,7-8,10H2,1H3;4-5,8,15-16H,1-3,6-7,9,14H2. The number of hydrogen-bond acceptors (Lipinski definition) is 14. The predicted octanol–water partition coefficient (Wildman–Crippen LogP) is 6.64. The van der Waals surface area contributed by atoms with E-state index in [1.807, 2.05) is 36.0 Å². The molecular formula is C42H59N9O7. The number of hydrogen-bond donors (Lipinski definition) is 5. The van der Waals surface area contributed by atoms with Crippen LogP contribution in [-0.2, 0) is 0 Å². The van der Waals surface area contributed by atoms with Crippen molar-refractivity contribution in [2.75, 3.05) is 94.7 Å². The molecule has 6 aliphatic heterocycles. The summed E-state index contributed by atoms with van der Waals surface area (Å²) in [5.41, 5.74) is 9.88. The molecule has 0 aromatic heterocycles. The first-order valence-electron chi connectivity index (χ1n) is 20.3. The van der Waals surface area contributed by atoms with Crippen LogP contribution in [-0.4, -0.2) is 110 Å². The molecule has 0 unspecified atom stereocenters. The van der Waals surface area contributed by atoms with Crippen LogP contribution in [0.2, 0.25) is 0 Å². The summed E-state index contributed by atoms with van der Waals surface area (Å²) >= 11 is 0. The molecule has 3 aromatic carbocycles. The second-order valence-electron chi connectivity index (χ2n) is 15.0. The number of nitrogens with one attached hydrogen (secondary N) is 4. The van der Waals surface area contributed by atoms with E-state index in [9.17, 15) is 34.6 Å². The van der Waals surface area contributed by atoms with Crippen molar-refractivity contribution in [3.8, 4) is 0 Å². The molecule has 16 nitrogen and oxygen atoms in total. The summed E-state index contributed by atoms with van der Waals surface area (Å²) in [6.45, 7) is 5.97. The van der Waals surface area contributed by atoms with E-state index >= 15 is 0 Å². The number of rotatable bonds is 2. The smallest absolute Gasteiger partial charge is 0.293 e. The number of anilines is 4. The lowest BCUT2D eigenvalue weighted by Gasteiger charge is -2.16. The molecule has 6 aliphatic rings. The Morgan fingerprint density at radius 1 is 0.534 bits per heavy atom. The summed E-state index contributed by atoms with van der Waals surface area (Å²) in [6.07, 6.45) is 10.7. The van der Waals surface area contributed by atoms with Crippen LogP contribution < -0.4 is 27.0 Å². The van der Waals surface area contributed by atoms with Gasteiger partial charge in [-0.3, -0.25) is 44.4 Å². The molecule has 314 valence electrons. The number of Topliss-reactive ketones (excluding diaryl/α,β-unsaturated/α-hetero) is 3. The molecule has 0 atom stereocenters. The molecule has 16 heteroatoms. The Labute approximate surface area is 340 Å². The van der Waals surface area contributed by atoms with Crippen molar-refractivity contribution in [1.82, 2.24) is 15.1 Å². The first-order valence-corrected chi connectivity index (χ1v) is 20.3. The number of carbonyl (C=O) groups excluding carboxylic acids is 3. The number of benzene rings is 3. The first-order chi connectivity index (χ1) is 27.9. The van der Waals surface area contributed by atoms with E-state index in [1.165, 1.54) is 12.1 Å². The van der Waals surface area contributed by atoms with E-state index < -0.39 is 9.85 Å². The molecule has 6 heterocycles. The zero-order chi connectivity index (χ0) is 41.9. The Balaban J connectivity index is 0.000000194. The highest BCUT2D eigenvalue weighted by Gasteiger charge is 2.20. The molecule has 0 fully saturated rings. The minimum atomic E-state index is -0.442. The number of nitro benzene ring substituents is 2. The first kappa shape index (κ1) is 45.3. The number of nitrogens with two attached hydrogens (primary N) is 1. The lowest BCUT2D eigenvalue weighted by Crippen LogP contribution is -2.27. The quantitative estimate of drug-likeness (QED) is 0.104. The summed E-state index contributed by atoms with van der Waals surface area (Å²) in [5.74, 6) is -0.0619. The third-order valence-electron chi connectivity index (χ3n) is 10.2. The topological polar surface area (TPSA) is 218 Å². The van der Waals surface area contributed by atoms with E-state index in [1.54, 1.807) is 30.3 Å². The Bertz CT molecular complexity index is 1870. The fraction of sp³-hybridized carbons (Fsp3) is 0.500. The number of nitrogen functional groups attached to an aromatic ring is 1. The van der Waals surface area contributed by atoms with Gasteiger partial charge in [0.25, 0.3) is 11.4 Å². The van der Waals surface area contributed by atoms with Crippen molar-refractivity contribution in [3.05, 3.63) is 91.5 Å². The van der Waals surface area contributed by atoms with Gasteiger partial charge in [0.15, 0.2) is 17.3 Å². The molecule has 0 saturated carbocycles. The van der Waals surface area contributed by atoms with Gasteiger partial charge in [-0.2, -0.15) is 0 Å². The number of carbonyl (C=O) groups is 3. The molecule has 3 aromatic rings. The van der Waals surface area contributed by atoms with E-state index in [-0.39, 0.29) is 28.7 Å². The molecular weight excluding hydrogens is 743 g/mol. The van der Waals surface area contributed by atoms with Crippen molar-refractivity contribution in [2.24, 2.45) is 0 Å². The highest BCUT2D eigenvalue weighted by Crippen LogP contribution is 2.28. The van der Waals surface area contributed by atoms with Crippen LogP contribution in [0.5, 0.6) is 0 Å². The van der Waals surface area contributed by atoms with E-state index in [4.69, 9.17) is 5.73 Å². The van der Waals surface area contributed by atoms with Gasteiger partial charge in [-0.1, -0.05) is 25.7 Å². The van der Waals surface area contributed by atoms with Gasteiger partial charge < -0.3 is 27.0 Å². The van der Waals surface area contributed by atoms with Crippen LogP contribution in [0.4, 0.5) is 34.1 Å². The molecule has 0 spiro atoms. The maximum Gasteiger partial charge on any atom is 0.293 e. The van der Waals surface area contributed by atoms with Gasteiger partial charge in [-0.25, -0.2) is 0 Å². The second kappa shape index (κ2) is 23.7. The molecule has 6 N–H and O–H groups in total. The van der Waals surface area contributed by atoms with Gasteiger partial charge in [-0.05, 0) is 115 Å². The fourth-order valence-corrected chi connectivity index (χ4v) is 6.81. The lowest BCUT2D eigenvalue weighted by atomic mass is 10.1. The summed E-state index contributed by atoms with van der Waals surface area (Å²) in [6, 6.07) is 14.8. The van der Waals surface area contributed by atoms with Crippen molar-refractivity contribution in [3.63, 3.8) is 0 Å². The summed E-state index contributed by atoms with van der Waals surface area (Å²) in [7, 11) is 3.81. The second-order valence-corrected chi connectivity index (χ2v) is 15.0. The highest BCUT2D eigenvalue weighted by atomic mass is 16.6. The number of nitrogens with zero attached hydrogens (tertiary/aromatic N) is 4. The van der Waals surface area contributed by atoms with Crippen LogP contribution in [0.3, 0.4) is 0 Å². The van der Waals surface area contributed by atoms with Gasteiger partial charge in [0.2, 0.25) is 0 Å². The predicted molar refractivity (Wildman–Crippen MR) is 230 cm³/mol. The minimum Gasteiger partial charge on any atom is -0.397 e. The summed E-state index contributed by atoms with van der Waals surface area (Å²) in [5, 5.41) is 34.9. The maximum atomic E-state index is 12.2. The largest absolute Gasteiger partial charge is 0.397 e. The number of likely N-dealkylation sites (N-methyl/N-ethyl adjacent to an activating group) is 2. The van der Waals surface area contributed by atoms with Crippen LogP contribution in [0.25, 0.3) is 0 Å².